The Kier molecular flexibility index (Phi) is 2.88. The van der Waals surface area contributed by atoms with Crippen LogP contribution in [-0.4, -0.2) is 27.6 Å². The molecule has 0 bridgehead atoms. The summed E-state index contributed by atoms with van der Waals surface area (Å²) in [5, 5.41) is 3.41. The van der Waals surface area contributed by atoms with Crippen LogP contribution >= 0.6 is 15.9 Å². The molecule has 4 nitrogen and oxygen atoms in total. The molecule has 2 aromatic heterocycles. The van der Waals surface area contributed by atoms with E-state index in [2.05, 4.69) is 48.8 Å². The van der Waals surface area contributed by atoms with Gasteiger partial charge in [-0.3, -0.25) is 0 Å². The van der Waals surface area contributed by atoms with E-state index in [1.807, 2.05) is 0 Å². The zero-order valence-electron chi connectivity index (χ0n) is 9.78. The van der Waals surface area contributed by atoms with E-state index in [1.165, 1.54) is 6.42 Å². The van der Waals surface area contributed by atoms with Crippen LogP contribution in [-0.2, 0) is 6.54 Å². The fraction of sp³-hybridized carbons (Fsp3) is 0.500. The van der Waals surface area contributed by atoms with E-state index >= 15 is 0 Å². The van der Waals surface area contributed by atoms with Crippen LogP contribution in [0.15, 0.2) is 16.7 Å². The van der Waals surface area contributed by atoms with Crippen molar-refractivity contribution in [2.24, 2.45) is 5.92 Å². The van der Waals surface area contributed by atoms with Crippen molar-refractivity contribution >= 4 is 27.1 Å². The molecule has 90 valence electrons. The minimum absolute atomic E-state index is 0.713. The van der Waals surface area contributed by atoms with Gasteiger partial charge in [0.15, 0.2) is 5.65 Å². The molecule has 1 aliphatic heterocycles. The summed E-state index contributed by atoms with van der Waals surface area (Å²) in [5.41, 5.74) is 1.97. The Morgan fingerprint density at radius 1 is 1.59 bits per heavy atom. The van der Waals surface area contributed by atoms with Gasteiger partial charge in [0.2, 0.25) is 0 Å². The number of imidazole rings is 1. The zero-order valence-corrected chi connectivity index (χ0v) is 11.4. The third-order valence-electron chi connectivity index (χ3n) is 3.37. The lowest BCUT2D eigenvalue weighted by molar-refractivity contribution is 0.482. The number of rotatable bonds is 2. The number of fused-ring (bicyclic) bond motifs is 1. The van der Waals surface area contributed by atoms with E-state index in [9.17, 15) is 0 Å². The second-order valence-corrected chi connectivity index (χ2v) is 5.54. The van der Waals surface area contributed by atoms with Crippen molar-refractivity contribution in [1.29, 1.82) is 0 Å². The van der Waals surface area contributed by atoms with Gasteiger partial charge in [-0.1, -0.05) is 0 Å². The van der Waals surface area contributed by atoms with Gasteiger partial charge in [-0.25, -0.2) is 9.97 Å². The first-order valence-corrected chi connectivity index (χ1v) is 6.72. The Labute approximate surface area is 109 Å². The SMILES string of the molecule is Cc1nc2ncc(Br)cc2n1CC1CCNC1. The summed E-state index contributed by atoms with van der Waals surface area (Å²) in [6.45, 7) is 5.34. The van der Waals surface area contributed by atoms with Crippen molar-refractivity contribution in [3.05, 3.63) is 22.6 Å². The highest BCUT2D eigenvalue weighted by atomic mass is 79.9. The minimum Gasteiger partial charge on any atom is -0.326 e. The highest BCUT2D eigenvalue weighted by Crippen LogP contribution is 2.21. The van der Waals surface area contributed by atoms with Gasteiger partial charge in [0.25, 0.3) is 0 Å². The fourth-order valence-electron chi connectivity index (χ4n) is 2.45. The van der Waals surface area contributed by atoms with Gasteiger partial charge in [-0.15, -0.1) is 0 Å². The van der Waals surface area contributed by atoms with Crippen molar-refractivity contribution < 1.29 is 0 Å². The summed E-state index contributed by atoms with van der Waals surface area (Å²) >= 11 is 3.47. The number of hydrogen-bond acceptors (Lipinski definition) is 3. The Morgan fingerprint density at radius 2 is 2.47 bits per heavy atom. The standard InChI is InChI=1S/C12H15BrN4/c1-8-16-12-11(4-10(13)6-15-12)17(8)7-9-2-3-14-5-9/h4,6,9,14H,2-3,5,7H2,1H3. The Morgan fingerprint density at radius 3 is 3.24 bits per heavy atom. The largest absolute Gasteiger partial charge is 0.326 e. The molecule has 1 saturated heterocycles. The number of pyridine rings is 1. The van der Waals surface area contributed by atoms with E-state index < -0.39 is 0 Å². The van der Waals surface area contributed by atoms with Gasteiger partial charge >= 0.3 is 0 Å². The molecule has 1 atom stereocenters. The van der Waals surface area contributed by atoms with Crippen molar-refractivity contribution in [3.8, 4) is 0 Å². The van der Waals surface area contributed by atoms with Crippen LogP contribution in [0.2, 0.25) is 0 Å². The predicted octanol–water partition coefficient (Wildman–Crippen LogP) is 2.11. The van der Waals surface area contributed by atoms with E-state index in [0.29, 0.717) is 5.92 Å². The van der Waals surface area contributed by atoms with E-state index in [1.54, 1.807) is 6.20 Å². The summed E-state index contributed by atoms with van der Waals surface area (Å²) in [6.07, 6.45) is 3.05. The third-order valence-corrected chi connectivity index (χ3v) is 3.80. The van der Waals surface area contributed by atoms with E-state index in [-0.39, 0.29) is 0 Å². The second kappa shape index (κ2) is 4.38. The van der Waals surface area contributed by atoms with Gasteiger partial charge in [0.05, 0.1) is 5.52 Å². The van der Waals surface area contributed by atoms with Crippen LogP contribution in [0.3, 0.4) is 0 Å². The molecule has 0 aliphatic carbocycles. The second-order valence-electron chi connectivity index (χ2n) is 4.62. The van der Waals surface area contributed by atoms with Crippen molar-refractivity contribution in [3.63, 3.8) is 0 Å². The first kappa shape index (κ1) is 11.2. The topological polar surface area (TPSA) is 42.7 Å². The molecular weight excluding hydrogens is 280 g/mol. The minimum atomic E-state index is 0.713. The number of nitrogens with one attached hydrogen (secondary N) is 1. The van der Waals surface area contributed by atoms with E-state index in [4.69, 9.17) is 0 Å². The van der Waals surface area contributed by atoms with Crippen LogP contribution in [0.5, 0.6) is 0 Å². The maximum atomic E-state index is 4.51. The maximum absolute atomic E-state index is 4.51. The Balaban J connectivity index is 2.01. The smallest absolute Gasteiger partial charge is 0.177 e. The normalized spacial score (nSPS) is 20.2. The number of aryl methyl sites for hydroxylation is 1. The summed E-state index contributed by atoms with van der Waals surface area (Å²) in [6, 6.07) is 2.10. The molecule has 1 aliphatic rings. The Hall–Kier alpha value is -0.940. The van der Waals surface area contributed by atoms with E-state index in [0.717, 1.165) is 41.1 Å². The molecular formula is C12H15BrN4. The number of hydrogen-bond donors (Lipinski definition) is 1. The maximum Gasteiger partial charge on any atom is 0.177 e. The number of halogens is 1. The van der Waals surface area contributed by atoms with Gasteiger partial charge in [0, 0.05) is 17.2 Å². The highest BCUT2D eigenvalue weighted by Gasteiger charge is 2.18. The Bertz CT molecular complexity index is 543. The molecule has 3 rings (SSSR count). The lowest BCUT2D eigenvalue weighted by Gasteiger charge is -2.11. The molecule has 0 spiro atoms. The lowest BCUT2D eigenvalue weighted by atomic mass is 10.1. The van der Waals surface area contributed by atoms with Crippen LogP contribution in [0.4, 0.5) is 0 Å². The molecule has 0 amide bonds. The van der Waals surface area contributed by atoms with Gasteiger partial charge in [-0.05, 0) is 54.3 Å². The van der Waals surface area contributed by atoms with Crippen molar-refractivity contribution in [1.82, 2.24) is 19.9 Å². The summed E-state index contributed by atoms with van der Waals surface area (Å²) < 4.78 is 3.29. The quantitative estimate of drug-likeness (QED) is 0.923. The summed E-state index contributed by atoms with van der Waals surface area (Å²) in [7, 11) is 0. The first-order valence-electron chi connectivity index (χ1n) is 5.93. The van der Waals surface area contributed by atoms with Crippen LogP contribution in [0.25, 0.3) is 11.2 Å². The number of aromatic nitrogens is 3. The molecule has 1 unspecified atom stereocenters. The van der Waals surface area contributed by atoms with Gasteiger partial charge < -0.3 is 9.88 Å². The monoisotopic (exact) mass is 294 g/mol. The molecule has 0 saturated carbocycles. The van der Waals surface area contributed by atoms with Crippen molar-refractivity contribution in [2.45, 2.75) is 19.9 Å². The average Bonchev–Trinajstić information content (AvgIpc) is 2.90. The first-order chi connectivity index (χ1) is 8.24. The van der Waals surface area contributed by atoms with Gasteiger partial charge in [0.1, 0.15) is 5.82 Å². The summed E-state index contributed by atoms with van der Waals surface area (Å²) in [4.78, 5) is 8.85. The lowest BCUT2D eigenvalue weighted by Crippen LogP contribution is -2.15. The summed E-state index contributed by atoms with van der Waals surface area (Å²) in [5.74, 6) is 1.77. The van der Waals surface area contributed by atoms with Crippen molar-refractivity contribution in [2.75, 3.05) is 13.1 Å². The highest BCUT2D eigenvalue weighted by molar-refractivity contribution is 9.10. The van der Waals surface area contributed by atoms with Crippen LogP contribution in [0, 0.1) is 12.8 Å². The molecule has 3 heterocycles. The molecule has 17 heavy (non-hydrogen) atoms. The fourth-order valence-corrected chi connectivity index (χ4v) is 2.77. The molecule has 2 aromatic rings. The number of nitrogens with zero attached hydrogens (tertiary/aromatic N) is 3. The average molecular weight is 295 g/mol. The molecule has 5 heteroatoms. The van der Waals surface area contributed by atoms with Gasteiger partial charge in [-0.2, -0.15) is 0 Å². The molecule has 1 N–H and O–H groups in total. The zero-order chi connectivity index (χ0) is 11.8. The van der Waals surface area contributed by atoms with Crippen LogP contribution < -0.4 is 5.32 Å². The van der Waals surface area contributed by atoms with Crippen LogP contribution in [0.1, 0.15) is 12.2 Å². The molecule has 1 fully saturated rings. The predicted molar refractivity (Wildman–Crippen MR) is 70.9 cm³/mol. The molecule has 0 aromatic carbocycles. The molecule has 0 radical (unpaired) electrons. The third kappa shape index (κ3) is 2.09.